The van der Waals surface area contributed by atoms with Crippen molar-refractivity contribution in [2.45, 2.75) is 6.54 Å². The fourth-order valence-corrected chi connectivity index (χ4v) is 1.33. The van der Waals surface area contributed by atoms with Gasteiger partial charge in [-0.3, -0.25) is 4.79 Å². The van der Waals surface area contributed by atoms with E-state index in [-0.39, 0.29) is 12.5 Å². The molecule has 1 rings (SSSR count). The quantitative estimate of drug-likeness (QED) is 0.828. The summed E-state index contributed by atoms with van der Waals surface area (Å²) < 4.78 is 10.7. The molecule has 0 saturated heterocycles. The van der Waals surface area contributed by atoms with Gasteiger partial charge in [0.15, 0.2) is 4.67 Å². The average molecular weight is 262 g/mol. The highest BCUT2D eigenvalue weighted by Gasteiger charge is 2.10. The van der Waals surface area contributed by atoms with Crippen molar-refractivity contribution < 1.29 is 13.9 Å². The van der Waals surface area contributed by atoms with E-state index in [1.807, 2.05) is 6.07 Å². The summed E-state index contributed by atoms with van der Waals surface area (Å²) in [6.45, 7) is 0.548. The molecule has 14 heavy (non-hydrogen) atoms. The number of rotatable bonds is 4. The molecule has 78 valence electrons. The highest BCUT2D eigenvalue weighted by atomic mass is 79.9. The Morgan fingerprint density at radius 1 is 1.64 bits per heavy atom. The van der Waals surface area contributed by atoms with E-state index in [1.165, 1.54) is 7.11 Å². The number of carbonyl (C=O) groups is 1. The summed E-state index contributed by atoms with van der Waals surface area (Å²) in [7, 11) is 3.20. The Labute approximate surface area is 91.0 Å². The van der Waals surface area contributed by atoms with E-state index >= 15 is 0 Å². The normalized spacial score (nSPS) is 10.2. The molecule has 1 aromatic rings. The van der Waals surface area contributed by atoms with Gasteiger partial charge in [-0.2, -0.15) is 0 Å². The largest absolute Gasteiger partial charge is 0.452 e. The number of furan rings is 1. The van der Waals surface area contributed by atoms with E-state index in [1.54, 1.807) is 18.0 Å². The third-order valence-electron chi connectivity index (χ3n) is 1.72. The Bertz CT molecular complexity index is 311. The first kappa shape index (κ1) is 11.3. The SMILES string of the molecule is COCC(=O)N(C)Cc1ccc(Br)o1. The highest BCUT2D eigenvalue weighted by Crippen LogP contribution is 2.15. The van der Waals surface area contributed by atoms with Gasteiger partial charge in [-0.05, 0) is 28.1 Å². The minimum atomic E-state index is -0.0694. The molecule has 0 aliphatic carbocycles. The highest BCUT2D eigenvalue weighted by molar-refractivity contribution is 9.10. The molecule has 0 saturated carbocycles. The van der Waals surface area contributed by atoms with Crippen molar-refractivity contribution in [1.82, 2.24) is 4.90 Å². The molecule has 0 spiro atoms. The van der Waals surface area contributed by atoms with Crippen molar-refractivity contribution >= 4 is 21.8 Å². The Morgan fingerprint density at radius 3 is 2.86 bits per heavy atom. The Balaban J connectivity index is 2.48. The van der Waals surface area contributed by atoms with Crippen LogP contribution in [0.15, 0.2) is 21.2 Å². The second kappa shape index (κ2) is 5.17. The van der Waals surface area contributed by atoms with Gasteiger partial charge in [0.1, 0.15) is 12.4 Å². The van der Waals surface area contributed by atoms with Crippen LogP contribution in [0.5, 0.6) is 0 Å². The third kappa shape index (κ3) is 3.16. The molecule has 0 aliphatic heterocycles. The van der Waals surface area contributed by atoms with Gasteiger partial charge in [0, 0.05) is 14.2 Å². The molecule has 0 N–H and O–H groups in total. The van der Waals surface area contributed by atoms with Gasteiger partial charge in [0.05, 0.1) is 6.54 Å². The van der Waals surface area contributed by atoms with Crippen LogP contribution in [-0.2, 0) is 16.1 Å². The smallest absolute Gasteiger partial charge is 0.248 e. The first-order valence-electron chi connectivity index (χ1n) is 4.10. The van der Waals surface area contributed by atoms with E-state index < -0.39 is 0 Å². The molecule has 0 fully saturated rings. The standard InChI is InChI=1S/C9H12BrNO3/c1-11(9(12)6-13-2)5-7-3-4-8(10)14-7/h3-4H,5-6H2,1-2H3. The summed E-state index contributed by atoms with van der Waals surface area (Å²) in [6.07, 6.45) is 0. The first-order chi connectivity index (χ1) is 6.63. The van der Waals surface area contributed by atoms with Crippen LogP contribution in [0.2, 0.25) is 0 Å². The molecular formula is C9H12BrNO3. The first-order valence-corrected chi connectivity index (χ1v) is 4.90. The molecule has 1 aromatic heterocycles. The third-order valence-corrected chi connectivity index (χ3v) is 2.14. The van der Waals surface area contributed by atoms with Gasteiger partial charge in [-0.25, -0.2) is 0 Å². The number of ether oxygens (including phenoxy) is 1. The van der Waals surface area contributed by atoms with Crippen LogP contribution in [0.1, 0.15) is 5.76 Å². The van der Waals surface area contributed by atoms with E-state index in [0.717, 1.165) is 5.76 Å². The van der Waals surface area contributed by atoms with E-state index in [0.29, 0.717) is 11.2 Å². The predicted octanol–water partition coefficient (Wildman–Crippen LogP) is 1.65. The summed E-state index contributed by atoms with van der Waals surface area (Å²) in [5.41, 5.74) is 0. The number of likely N-dealkylation sites (N-methyl/N-ethyl adjacent to an activating group) is 1. The summed E-state index contributed by atoms with van der Waals surface area (Å²) in [5.74, 6) is 0.670. The number of amides is 1. The van der Waals surface area contributed by atoms with Crippen LogP contribution in [0.3, 0.4) is 0 Å². The Morgan fingerprint density at radius 2 is 2.36 bits per heavy atom. The molecule has 4 nitrogen and oxygen atoms in total. The average Bonchev–Trinajstić information content (AvgIpc) is 2.51. The van der Waals surface area contributed by atoms with Crippen LogP contribution >= 0.6 is 15.9 Å². The number of carbonyl (C=O) groups excluding carboxylic acids is 1. The predicted molar refractivity (Wildman–Crippen MR) is 54.8 cm³/mol. The molecule has 0 unspecified atom stereocenters. The topological polar surface area (TPSA) is 42.7 Å². The van der Waals surface area contributed by atoms with Crippen molar-refractivity contribution in [3.63, 3.8) is 0 Å². The van der Waals surface area contributed by atoms with Crippen LogP contribution in [0.4, 0.5) is 0 Å². The molecule has 5 heteroatoms. The number of halogens is 1. The lowest BCUT2D eigenvalue weighted by Gasteiger charge is -2.14. The lowest BCUT2D eigenvalue weighted by atomic mass is 10.4. The molecule has 0 bridgehead atoms. The zero-order valence-corrected chi connectivity index (χ0v) is 9.70. The van der Waals surface area contributed by atoms with Crippen molar-refractivity contribution in [3.05, 3.63) is 22.6 Å². The van der Waals surface area contributed by atoms with Gasteiger partial charge in [0.25, 0.3) is 0 Å². The molecule has 0 radical (unpaired) electrons. The maximum atomic E-state index is 11.3. The van der Waals surface area contributed by atoms with Crippen LogP contribution in [0, 0.1) is 0 Å². The number of hydrogen-bond acceptors (Lipinski definition) is 3. The van der Waals surface area contributed by atoms with Crippen molar-refractivity contribution in [3.8, 4) is 0 Å². The van der Waals surface area contributed by atoms with Crippen molar-refractivity contribution in [1.29, 1.82) is 0 Å². The van der Waals surface area contributed by atoms with Gasteiger partial charge in [0.2, 0.25) is 5.91 Å². The molecule has 1 heterocycles. The van der Waals surface area contributed by atoms with E-state index in [4.69, 9.17) is 9.15 Å². The summed E-state index contributed by atoms with van der Waals surface area (Å²) in [6, 6.07) is 3.62. The Hall–Kier alpha value is -0.810. The van der Waals surface area contributed by atoms with Crippen LogP contribution in [-0.4, -0.2) is 31.6 Å². The minimum absolute atomic E-state index is 0.0694. The minimum Gasteiger partial charge on any atom is -0.452 e. The summed E-state index contributed by atoms with van der Waals surface area (Å²) in [4.78, 5) is 12.9. The molecule has 0 aliphatic rings. The zero-order valence-electron chi connectivity index (χ0n) is 8.12. The van der Waals surface area contributed by atoms with Crippen LogP contribution < -0.4 is 0 Å². The van der Waals surface area contributed by atoms with Gasteiger partial charge in [-0.1, -0.05) is 0 Å². The molecule has 0 aromatic carbocycles. The van der Waals surface area contributed by atoms with E-state index in [2.05, 4.69) is 15.9 Å². The Kier molecular flexibility index (Phi) is 4.16. The molecule has 1 amide bonds. The van der Waals surface area contributed by atoms with Gasteiger partial charge < -0.3 is 14.1 Å². The van der Waals surface area contributed by atoms with Crippen LogP contribution in [0.25, 0.3) is 0 Å². The number of hydrogen-bond donors (Lipinski definition) is 0. The van der Waals surface area contributed by atoms with Gasteiger partial charge in [-0.15, -0.1) is 0 Å². The van der Waals surface area contributed by atoms with Gasteiger partial charge >= 0.3 is 0 Å². The lowest BCUT2D eigenvalue weighted by molar-refractivity contribution is -0.134. The number of methoxy groups -OCH3 is 1. The second-order valence-corrected chi connectivity index (χ2v) is 3.67. The summed E-state index contributed by atoms with van der Waals surface area (Å²) in [5, 5.41) is 0. The summed E-state index contributed by atoms with van der Waals surface area (Å²) >= 11 is 3.20. The molecular weight excluding hydrogens is 250 g/mol. The molecule has 0 atom stereocenters. The zero-order chi connectivity index (χ0) is 10.6. The van der Waals surface area contributed by atoms with Crippen molar-refractivity contribution in [2.75, 3.05) is 20.8 Å². The maximum Gasteiger partial charge on any atom is 0.248 e. The number of nitrogens with zero attached hydrogens (tertiary/aromatic N) is 1. The monoisotopic (exact) mass is 261 g/mol. The fourth-order valence-electron chi connectivity index (χ4n) is 0.992. The fraction of sp³-hybridized carbons (Fsp3) is 0.444. The lowest BCUT2D eigenvalue weighted by Crippen LogP contribution is -2.29. The second-order valence-electron chi connectivity index (χ2n) is 2.89. The maximum absolute atomic E-state index is 11.3. The van der Waals surface area contributed by atoms with E-state index in [9.17, 15) is 4.79 Å². The van der Waals surface area contributed by atoms with Crippen molar-refractivity contribution in [2.24, 2.45) is 0 Å².